The minimum atomic E-state index is -2.89. The third-order valence-electron chi connectivity index (χ3n) is 2.74. The van der Waals surface area contributed by atoms with Crippen molar-refractivity contribution >= 4 is 6.08 Å². The van der Waals surface area contributed by atoms with Crippen LogP contribution in [0.3, 0.4) is 0 Å². The Balaban J connectivity index is 2.44. The van der Waals surface area contributed by atoms with E-state index in [-0.39, 0.29) is 5.56 Å². The number of carbonyl (C=O) groups excluding carboxylic acids is 1. The van der Waals surface area contributed by atoms with Gasteiger partial charge in [-0.1, -0.05) is 18.2 Å². The van der Waals surface area contributed by atoms with Gasteiger partial charge in [-0.15, -0.1) is 0 Å². The highest BCUT2D eigenvalue weighted by Crippen LogP contribution is 2.54. The second kappa shape index (κ2) is 3.46. The summed E-state index contributed by atoms with van der Waals surface area (Å²) in [5.74, 6) is -3.51. The van der Waals surface area contributed by atoms with Gasteiger partial charge >= 0.3 is 0 Å². The number of hydrogen-bond donors (Lipinski definition) is 0. The third kappa shape index (κ3) is 1.63. The van der Waals surface area contributed by atoms with Crippen LogP contribution in [0.5, 0.6) is 0 Å². The van der Waals surface area contributed by atoms with Crippen molar-refractivity contribution < 1.29 is 18.0 Å². The van der Waals surface area contributed by atoms with Crippen LogP contribution in [-0.4, -0.2) is 12.0 Å². The molecule has 1 aliphatic carbocycles. The molecule has 0 bridgehead atoms. The number of benzene rings is 1. The smallest absolute Gasteiger partial charge is 0.211 e. The molecular formula is C11H8F3NO. The van der Waals surface area contributed by atoms with Gasteiger partial charge in [0.05, 0.1) is 0 Å². The van der Waals surface area contributed by atoms with Gasteiger partial charge in [0.1, 0.15) is 11.4 Å². The number of aliphatic imine (C=N–C) groups is 1. The molecule has 0 amide bonds. The molecule has 0 heterocycles. The largest absolute Gasteiger partial charge is 0.253 e. The van der Waals surface area contributed by atoms with Crippen LogP contribution in [0.25, 0.3) is 0 Å². The van der Waals surface area contributed by atoms with E-state index in [9.17, 15) is 18.0 Å². The van der Waals surface area contributed by atoms with Gasteiger partial charge in [-0.3, -0.25) is 0 Å². The predicted molar refractivity (Wildman–Crippen MR) is 50.4 cm³/mol. The number of halogens is 3. The van der Waals surface area contributed by atoms with Crippen LogP contribution in [-0.2, 0) is 10.3 Å². The first-order chi connectivity index (χ1) is 7.49. The summed E-state index contributed by atoms with van der Waals surface area (Å²) < 4.78 is 39.2. The molecule has 1 fully saturated rings. The Labute approximate surface area is 89.8 Å². The zero-order valence-corrected chi connectivity index (χ0v) is 8.21. The zero-order valence-electron chi connectivity index (χ0n) is 8.21. The topological polar surface area (TPSA) is 29.4 Å². The van der Waals surface area contributed by atoms with Crippen LogP contribution < -0.4 is 0 Å². The standard InChI is InChI=1S/C11H8F3NO/c12-9-4-2-1-3-8(9)10(15-7-16)5-11(13,14)6-10/h1-4H,5-6H2. The maximum Gasteiger partial charge on any atom is 0.253 e. The Bertz CT molecular complexity index is 458. The van der Waals surface area contributed by atoms with Gasteiger partial charge in [0.15, 0.2) is 0 Å². The fourth-order valence-corrected chi connectivity index (χ4v) is 2.06. The normalized spacial score (nSPS) is 20.7. The van der Waals surface area contributed by atoms with Gasteiger partial charge in [-0.25, -0.2) is 18.0 Å². The second-order valence-electron chi connectivity index (χ2n) is 3.92. The maximum absolute atomic E-state index is 13.4. The van der Waals surface area contributed by atoms with E-state index in [1.807, 2.05) is 0 Å². The molecule has 5 heteroatoms. The summed E-state index contributed by atoms with van der Waals surface area (Å²) in [7, 11) is 0. The lowest BCUT2D eigenvalue weighted by molar-refractivity contribution is -0.124. The average Bonchev–Trinajstić information content (AvgIpc) is 2.15. The molecular weight excluding hydrogens is 219 g/mol. The predicted octanol–water partition coefficient (Wildman–Crippen LogP) is 2.79. The van der Waals surface area contributed by atoms with Crippen molar-refractivity contribution in [2.45, 2.75) is 24.3 Å². The van der Waals surface area contributed by atoms with E-state index >= 15 is 0 Å². The summed E-state index contributed by atoms with van der Waals surface area (Å²) in [6, 6.07) is 5.50. The Morgan fingerprint density at radius 1 is 1.25 bits per heavy atom. The molecule has 84 valence electrons. The van der Waals surface area contributed by atoms with Crippen molar-refractivity contribution in [3.05, 3.63) is 35.6 Å². The quantitative estimate of drug-likeness (QED) is 0.564. The summed E-state index contributed by atoms with van der Waals surface area (Å²) in [5.41, 5.74) is -1.40. The van der Waals surface area contributed by atoms with Crippen LogP contribution in [0.2, 0.25) is 0 Å². The maximum atomic E-state index is 13.4. The molecule has 1 aromatic carbocycles. The summed E-state index contributed by atoms with van der Waals surface area (Å²) in [6.07, 6.45) is -0.0364. The monoisotopic (exact) mass is 227 g/mol. The molecule has 0 spiro atoms. The molecule has 0 N–H and O–H groups in total. The zero-order chi connectivity index (χ0) is 11.8. The molecule has 1 aromatic rings. The van der Waals surface area contributed by atoms with Crippen LogP contribution in [0.1, 0.15) is 18.4 Å². The Morgan fingerprint density at radius 2 is 1.88 bits per heavy atom. The SMILES string of the molecule is O=C=NC1(c2ccccc2F)CC(F)(F)C1. The highest BCUT2D eigenvalue weighted by Gasteiger charge is 2.58. The molecule has 0 saturated heterocycles. The van der Waals surface area contributed by atoms with Crippen LogP contribution in [0, 0.1) is 5.82 Å². The van der Waals surface area contributed by atoms with Crippen LogP contribution >= 0.6 is 0 Å². The summed E-state index contributed by atoms with van der Waals surface area (Å²) in [4.78, 5) is 13.6. The van der Waals surface area contributed by atoms with E-state index in [2.05, 4.69) is 4.99 Å². The molecule has 2 nitrogen and oxygen atoms in total. The van der Waals surface area contributed by atoms with E-state index in [1.165, 1.54) is 24.3 Å². The Morgan fingerprint density at radius 3 is 2.38 bits per heavy atom. The fourth-order valence-electron chi connectivity index (χ4n) is 2.06. The number of isocyanates is 1. The number of hydrogen-bond acceptors (Lipinski definition) is 2. The first kappa shape index (κ1) is 10.9. The molecule has 0 radical (unpaired) electrons. The van der Waals surface area contributed by atoms with Gasteiger partial charge in [-0.2, -0.15) is 4.99 Å². The molecule has 0 aliphatic heterocycles. The second-order valence-corrected chi connectivity index (χ2v) is 3.92. The van der Waals surface area contributed by atoms with Crippen LogP contribution in [0.15, 0.2) is 29.3 Å². The van der Waals surface area contributed by atoms with Gasteiger partial charge in [0.25, 0.3) is 5.92 Å². The fraction of sp³-hybridized carbons (Fsp3) is 0.364. The molecule has 0 aromatic heterocycles. The molecule has 16 heavy (non-hydrogen) atoms. The first-order valence-corrected chi connectivity index (χ1v) is 4.71. The van der Waals surface area contributed by atoms with Crippen LogP contribution in [0.4, 0.5) is 13.2 Å². The highest BCUT2D eigenvalue weighted by atomic mass is 19.3. The number of nitrogens with zero attached hydrogens (tertiary/aromatic N) is 1. The summed E-state index contributed by atoms with van der Waals surface area (Å²) in [5, 5.41) is 0. The van der Waals surface area contributed by atoms with Crippen molar-refractivity contribution in [3.8, 4) is 0 Å². The van der Waals surface area contributed by atoms with Gasteiger partial charge in [0.2, 0.25) is 6.08 Å². The van der Waals surface area contributed by atoms with E-state index in [0.29, 0.717) is 0 Å². The molecule has 0 atom stereocenters. The summed E-state index contributed by atoms with van der Waals surface area (Å²) in [6.45, 7) is 0. The number of alkyl halides is 2. The van der Waals surface area contributed by atoms with E-state index in [4.69, 9.17) is 0 Å². The minimum Gasteiger partial charge on any atom is -0.211 e. The molecule has 0 unspecified atom stereocenters. The molecule has 2 rings (SSSR count). The summed E-state index contributed by atoms with van der Waals surface area (Å²) >= 11 is 0. The third-order valence-corrected chi connectivity index (χ3v) is 2.74. The lowest BCUT2D eigenvalue weighted by Gasteiger charge is -2.43. The van der Waals surface area contributed by atoms with Crippen molar-refractivity contribution in [2.75, 3.05) is 0 Å². The number of rotatable bonds is 2. The van der Waals surface area contributed by atoms with Gasteiger partial charge < -0.3 is 0 Å². The van der Waals surface area contributed by atoms with Crippen molar-refractivity contribution in [1.82, 2.24) is 0 Å². The first-order valence-electron chi connectivity index (χ1n) is 4.71. The lowest BCUT2D eigenvalue weighted by Crippen LogP contribution is -2.48. The average molecular weight is 227 g/mol. The van der Waals surface area contributed by atoms with E-state index < -0.39 is 30.1 Å². The van der Waals surface area contributed by atoms with Crippen molar-refractivity contribution in [3.63, 3.8) is 0 Å². The lowest BCUT2D eigenvalue weighted by atomic mass is 9.69. The molecule has 1 aliphatic rings. The van der Waals surface area contributed by atoms with E-state index in [0.717, 1.165) is 6.07 Å². The van der Waals surface area contributed by atoms with Gasteiger partial charge in [0, 0.05) is 18.4 Å². The van der Waals surface area contributed by atoms with Crippen molar-refractivity contribution in [2.24, 2.45) is 4.99 Å². The molecule has 1 saturated carbocycles. The Hall–Kier alpha value is -1.61. The highest BCUT2D eigenvalue weighted by molar-refractivity contribution is 5.41. The minimum absolute atomic E-state index is 0.0317. The van der Waals surface area contributed by atoms with Gasteiger partial charge in [-0.05, 0) is 6.07 Å². The van der Waals surface area contributed by atoms with E-state index in [1.54, 1.807) is 0 Å². The Kier molecular flexibility index (Phi) is 2.35. The van der Waals surface area contributed by atoms with Crippen molar-refractivity contribution in [1.29, 1.82) is 0 Å².